The van der Waals surface area contributed by atoms with Crippen LogP contribution >= 0.6 is 0 Å². The number of aryl methyl sites for hydroxylation is 1. The molecule has 2 heterocycles. The van der Waals surface area contributed by atoms with Gasteiger partial charge >= 0.3 is 0 Å². The molecule has 2 aromatic carbocycles. The van der Waals surface area contributed by atoms with E-state index in [9.17, 15) is 4.79 Å². The van der Waals surface area contributed by atoms with Gasteiger partial charge in [0.05, 0.1) is 19.3 Å². The summed E-state index contributed by atoms with van der Waals surface area (Å²) in [7, 11) is 0. The highest BCUT2D eigenvalue weighted by molar-refractivity contribution is 5.94. The van der Waals surface area contributed by atoms with Crippen molar-refractivity contribution in [3.8, 4) is 11.5 Å². The summed E-state index contributed by atoms with van der Waals surface area (Å²) in [6.45, 7) is 5.36. The molecule has 0 bridgehead atoms. The van der Waals surface area contributed by atoms with Crippen molar-refractivity contribution in [2.75, 3.05) is 32.8 Å². The molecular formula is C24H26N2O4. The maximum Gasteiger partial charge on any atom is 0.251 e. The topological polar surface area (TPSA) is 63.9 Å². The second kappa shape index (κ2) is 9.61. The molecule has 0 radical (unpaired) electrons. The third kappa shape index (κ3) is 5.09. The van der Waals surface area contributed by atoms with Crippen molar-refractivity contribution in [3.63, 3.8) is 0 Å². The molecule has 4 rings (SSSR count). The molecule has 1 aliphatic heterocycles. The Morgan fingerprint density at radius 3 is 2.53 bits per heavy atom. The van der Waals surface area contributed by atoms with Gasteiger partial charge in [0.2, 0.25) is 0 Å². The standard InChI is InChI=1S/C24H26N2O4/c1-18-10-11-23(29-18)22(26-12-14-28-15-13-26)17-25-24(27)19-6-5-9-21(16-19)30-20-7-3-2-4-8-20/h2-11,16,22H,12-15,17H2,1H3,(H,25,27). The highest BCUT2D eigenvalue weighted by Crippen LogP contribution is 2.24. The summed E-state index contributed by atoms with van der Waals surface area (Å²) >= 11 is 0. The van der Waals surface area contributed by atoms with Gasteiger partial charge in [0.25, 0.3) is 5.91 Å². The lowest BCUT2D eigenvalue weighted by molar-refractivity contribution is 0.0117. The number of nitrogens with one attached hydrogen (secondary N) is 1. The Bertz CT molecular complexity index is 964. The van der Waals surface area contributed by atoms with Crippen LogP contribution in [0.25, 0.3) is 0 Å². The zero-order chi connectivity index (χ0) is 20.8. The van der Waals surface area contributed by atoms with Gasteiger partial charge in [-0.25, -0.2) is 0 Å². The summed E-state index contributed by atoms with van der Waals surface area (Å²) in [5.41, 5.74) is 0.555. The van der Waals surface area contributed by atoms with Gasteiger partial charge in [0, 0.05) is 25.2 Å². The minimum Gasteiger partial charge on any atom is -0.465 e. The molecule has 1 N–H and O–H groups in total. The average molecular weight is 406 g/mol. The molecule has 3 aromatic rings. The number of rotatable bonds is 7. The lowest BCUT2D eigenvalue weighted by Crippen LogP contribution is -2.43. The Balaban J connectivity index is 1.43. The number of morpholine rings is 1. The normalized spacial score (nSPS) is 15.5. The summed E-state index contributed by atoms with van der Waals surface area (Å²) in [6.07, 6.45) is 0. The van der Waals surface area contributed by atoms with E-state index < -0.39 is 0 Å². The van der Waals surface area contributed by atoms with E-state index in [1.165, 1.54) is 0 Å². The molecule has 1 saturated heterocycles. The number of hydrogen-bond acceptors (Lipinski definition) is 5. The molecule has 30 heavy (non-hydrogen) atoms. The summed E-state index contributed by atoms with van der Waals surface area (Å²) in [4.78, 5) is 15.1. The first-order chi connectivity index (χ1) is 14.7. The average Bonchev–Trinajstić information content (AvgIpc) is 3.21. The summed E-state index contributed by atoms with van der Waals surface area (Å²) in [6, 6.07) is 20.6. The zero-order valence-corrected chi connectivity index (χ0v) is 17.0. The van der Waals surface area contributed by atoms with Crippen LogP contribution in [0, 0.1) is 6.92 Å². The molecule has 1 aromatic heterocycles. The van der Waals surface area contributed by atoms with Crippen LogP contribution in [0.2, 0.25) is 0 Å². The van der Waals surface area contributed by atoms with E-state index in [4.69, 9.17) is 13.9 Å². The van der Waals surface area contributed by atoms with E-state index >= 15 is 0 Å². The minimum absolute atomic E-state index is 0.0321. The van der Waals surface area contributed by atoms with Gasteiger partial charge in [0.1, 0.15) is 23.0 Å². The van der Waals surface area contributed by atoms with Crippen LogP contribution in [0.3, 0.4) is 0 Å². The summed E-state index contributed by atoms with van der Waals surface area (Å²) in [5, 5.41) is 3.06. The van der Waals surface area contributed by atoms with Crippen LogP contribution in [0.4, 0.5) is 0 Å². The molecule has 6 nitrogen and oxygen atoms in total. The zero-order valence-electron chi connectivity index (χ0n) is 17.0. The van der Waals surface area contributed by atoms with Crippen LogP contribution < -0.4 is 10.1 Å². The van der Waals surface area contributed by atoms with Gasteiger partial charge in [-0.3, -0.25) is 9.69 Å². The van der Waals surface area contributed by atoms with Crippen molar-refractivity contribution < 1.29 is 18.7 Å². The highest BCUT2D eigenvalue weighted by Gasteiger charge is 2.26. The molecule has 1 unspecified atom stereocenters. The maximum atomic E-state index is 12.8. The van der Waals surface area contributed by atoms with Crippen LogP contribution in [-0.2, 0) is 4.74 Å². The largest absolute Gasteiger partial charge is 0.465 e. The maximum absolute atomic E-state index is 12.8. The number of benzene rings is 2. The van der Waals surface area contributed by atoms with E-state index in [-0.39, 0.29) is 11.9 Å². The fourth-order valence-electron chi connectivity index (χ4n) is 3.55. The highest BCUT2D eigenvalue weighted by atomic mass is 16.5. The van der Waals surface area contributed by atoms with E-state index in [1.54, 1.807) is 12.1 Å². The lowest BCUT2D eigenvalue weighted by atomic mass is 10.1. The smallest absolute Gasteiger partial charge is 0.251 e. The molecule has 1 aliphatic rings. The fraction of sp³-hybridized carbons (Fsp3) is 0.292. The minimum atomic E-state index is -0.143. The number of carbonyl (C=O) groups excluding carboxylic acids is 1. The molecule has 1 atom stereocenters. The molecule has 0 aliphatic carbocycles. The van der Waals surface area contributed by atoms with Gasteiger partial charge in [-0.05, 0) is 49.4 Å². The number of furan rings is 1. The monoisotopic (exact) mass is 406 g/mol. The van der Waals surface area contributed by atoms with Crippen molar-refractivity contribution in [1.82, 2.24) is 10.2 Å². The first-order valence-electron chi connectivity index (χ1n) is 10.2. The molecule has 1 fully saturated rings. The molecule has 1 amide bonds. The van der Waals surface area contributed by atoms with Crippen molar-refractivity contribution in [1.29, 1.82) is 0 Å². The third-order valence-electron chi connectivity index (χ3n) is 5.11. The van der Waals surface area contributed by atoms with Crippen LogP contribution in [0.5, 0.6) is 11.5 Å². The van der Waals surface area contributed by atoms with Crippen molar-refractivity contribution in [3.05, 3.63) is 83.8 Å². The van der Waals surface area contributed by atoms with Crippen LogP contribution in [0.15, 0.2) is 71.1 Å². The third-order valence-corrected chi connectivity index (χ3v) is 5.11. The van der Waals surface area contributed by atoms with E-state index in [0.29, 0.717) is 31.1 Å². The predicted octanol–water partition coefficient (Wildman–Crippen LogP) is 4.18. The van der Waals surface area contributed by atoms with Crippen LogP contribution in [0.1, 0.15) is 27.9 Å². The van der Waals surface area contributed by atoms with Gasteiger partial charge < -0.3 is 19.2 Å². The lowest BCUT2D eigenvalue weighted by Gasteiger charge is -2.33. The van der Waals surface area contributed by atoms with Crippen molar-refractivity contribution in [2.24, 2.45) is 0 Å². The van der Waals surface area contributed by atoms with Gasteiger partial charge in [-0.15, -0.1) is 0 Å². The SMILES string of the molecule is Cc1ccc(C(CNC(=O)c2cccc(Oc3ccccc3)c2)N2CCOCC2)o1. The first-order valence-corrected chi connectivity index (χ1v) is 10.2. The number of para-hydroxylation sites is 1. The quantitative estimate of drug-likeness (QED) is 0.638. The molecule has 0 spiro atoms. The number of carbonyl (C=O) groups is 1. The second-order valence-corrected chi connectivity index (χ2v) is 7.27. The van der Waals surface area contributed by atoms with Gasteiger partial charge in [-0.1, -0.05) is 24.3 Å². The van der Waals surface area contributed by atoms with E-state index in [2.05, 4.69) is 10.2 Å². The van der Waals surface area contributed by atoms with Crippen molar-refractivity contribution in [2.45, 2.75) is 13.0 Å². The van der Waals surface area contributed by atoms with Gasteiger partial charge in [-0.2, -0.15) is 0 Å². The number of ether oxygens (including phenoxy) is 2. The molecule has 156 valence electrons. The summed E-state index contributed by atoms with van der Waals surface area (Å²) in [5.74, 6) is 2.93. The van der Waals surface area contributed by atoms with Crippen molar-refractivity contribution >= 4 is 5.91 Å². The predicted molar refractivity (Wildman–Crippen MR) is 114 cm³/mol. The Morgan fingerprint density at radius 2 is 1.80 bits per heavy atom. The van der Waals surface area contributed by atoms with E-state index in [1.807, 2.05) is 61.5 Å². The number of hydrogen-bond donors (Lipinski definition) is 1. The Hall–Kier alpha value is -3.09. The second-order valence-electron chi connectivity index (χ2n) is 7.27. The fourth-order valence-corrected chi connectivity index (χ4v) is 3.55. The van der Waals surface area contributed by atoms with E-state index in [0.717, 1.165) is 30.4 Å². The van der Waals surface area contributed by atoms with Gasteiger partial charge in [0.15, 0.2) is 0 Å². The summed E-state index contributed by atoms with van der Waals surface area (Å²) < 4.78 is 17.2. The number of nitrogens with zero attached hydrogens (tertiary/aromatic N) is 1. The Morgan fingerprint density at radius 1 is 1.03 bits per heavy atom. The Labute approximate surface area is 176 Å². The van der Waals surface area contributed by atoms with Crippen LogP contribution in [-0.4, -0.2) is 43.7 Å². The molecule has 6 heteroatoms. The molecule has 0 saturated carbocycles. The first kappa shape index (κ1) is 20.2. The number of amides is 1. The Kier molecular flexibility index (Phi) is 6.47. The molecular weight excluding hydrogens is 380 g/mol.